The van der Waals surface area contributed by atoms with Gasteiger partial charge in [0.15, 0.2) is 5.78 Å². The second-order valence-electron chi connectivity index (χ2n) is 6.36. The minimum absolute atomic E-state index is 0.00404. The van der Waals surface area contributed by atoms with Gasteiger partial charge in [-0.05, 0) is 42.9 Å². The summed E-state index contributed by atoms with van der Waals surface area (Å²) in [6.07, 6.45) is 0.901. The van der Waals surface area contributed by atoms with Crippen molar-refractivity contribution in [3.8, 4) is 0 Å². The highest BCUT2D eigenvalue weighted by Crippen LogP contribution is 2.39. The van der Waals surface area contributed by atoms with E-state index in [1.165, 1.54) is 6.08 Å². The first-order valence-electron chi connectivity index (χ1n) is 8.09. The summed E-state index contributed by atoms with van der Waals surface area (Å²) >= 11 is 0. The lowest BCUT2D eigenvalue weighted by Gasteiger charge is -2.17. The van der Waals surface area contributed by atoms with E-state index in [9.17, 15) is 18.0 Å². The minimum Gasteiger partial charge on any atom is -0.355 e. The third kappa shape index (κ3) is 2.39. The molecule has 0 unspecified atom stereocenters. The van der Waals surface area contributed by atoms with Crippen molar-refractivity contribution in [1.82, 2.24) is 4.98 Å². The SMILES string of the molecule is O=C1CCCc2c(C3=CC=C(C(F)(F)F)CC3)[nH]c3cccc1c23. The number of nitrogens with one attached hydrogen (secondary N) is 1. The van der Waals surface area contributed by atoms with Crippen LogP contribution in [0.2, 0.25) is 0 Å². The number of halogens is 3. The van der Waals surface area contributed by atoms with Crippen LogP contribution in [0.3, 0.4) is 0 Å². The quantitative estimate of drug-likeness (QED) is 0.750. The maximum Gasteiger partial charge on any atom is 0.412 e. The van der Waals surface area contributed by atoms with E-state index in [2.05, 4.69) is 4.98 Å². The van der Waals surface area contributed by atoms with Crippen molar-refractivity contribution in [3.05, 3.63) is 52.7 Å². The van der Waals surface area contributed by atoms with Crippen LogP contribution in [0.4, 0.5) is 13.2 Å². The van der Waals surface area contributed by atoms with Crippen LogP contribution in [0.5, 0.6) is 0 Å². The Labute approximate surface area is 137 Å². The van der Waals surface area contributed by atoms with Gasteiger partial charge in [0.25, 0.3) is 0 Å². The number of aryl methyl sites for hydroxylation is 1. The lowest BCUT2D eigenvalue weighted by Crippen LogP contribution is -2.13. The van der Waals surface area contributed by atoms with Gasteiger partial charge in [0.1, 0.15) is 0 Å². The molecule has 0 fully saturated rings. The van der Waals surface area contributed by atoms with E-state index >= 15 is 0 Å². The highest BCUT2D eigenvalue weighted by atomic mass is 19.4. The molecule has 0 atom stereocenters. The number of alkyl halides is 3. The first-order valence-corrected chi connectivity index (χ1v) is 8.09. The number of H-pyrrole nitrogens is 1. The van der Waals surface area contributed by atoms with E-state index in [0.717, 1.165) is 46.1 Å². The Kier molecular flexibility index (Phi) is 3.41. The van der Waals surface area contributed by atoms with Crippen LogP contribution in [0.25, 0.3) is 16.5 Å². The van der Waals surface area contributed by atoms with E-state index in [1.807, 2.05) is 18.2 Å². The fraction of sp³-hybridized carbons (Fsp3) is 0.316. The maximum absolute atomic E-state index is 12.8. The molecule has 24 heavy (non-hydrogen) atoms. The van der Waals surface area contributed by atoms with Crippen LogP contribution in [0, 0.1) is 0 Å². The van der Waals surface area contributed by atoms with Gasteiger partial charge < -0.3 is 4.98 Å². The monoisotopic (exact) mass is 331 g/mol. The number of aromatic nitrogens is 1. The number of rotatable bonds is 1. The van der Waals surface area contributed by atoms with Crippen LogP contribution in [0.15, 0.2) is 35.9 Å². The van der Waals surface area contributed by atoms with E-state index in [4.69, 9.17) is 0 Å². The Balaban J connectivity index is 1.86. The summed E-state index contributed by atoms with van der Waals surface area (Å²) < 4.78 is 38.4. The molecular formula is C19H16F3NO. The van der Waals surface area contributed by atoms with E-state index in [1.54, 1.807) is 6.08 Å². The molecule has 5 heteroatoms. The molecule has 2 nitrogen and oxygen atoms in total. The molecule has 2 aliphatic carbocycles. The van der Waals surface area contributed by atoms with Gasteiger partial charge in [-0.15, -0.1) is 0 Å². The van der Waals surface area contributed by atoms with Crippen LogP contribution in [-0.2, 0) is 6.42 Å². The largest absolute Gasteiger partial charge is 0.412 e. The van der Waals surface area contributed by atoms with Crippen molar-refractivity contribution in [3.63, 3.8) is 0 Å². The van der Waals surface area contributed by atoms with Gasteiger partial charge in [-0.3, -0.25) is 4.79 Å². The molecule has 0 saturated heterocycles. The lowest BCUT2D eigenvalue weighted by atomic mass is 9.92. The third-order valence-electron chi connectivity index (χ3n) is 4.89. The number of allylic oxidation sites excluding steroid dienone is 4. The van der Waals surface area contributed by atoms with E-state index in [-0.39, 0.29) is 12.2 Å². The summed E-state index contributed by atoms with van der Waals surface area (Å²) in [6.45, 7) is 0. The second kappa shape index (κ2) is 5.36. The summed E-state index contributed by atoms with van der Waals surface area (Å²) in [5, 5.41) is 0.946. The normalized spacial score (nSPS) is 18.4. The van der Waals surface area contributed by atoms with Crippen molar-refractivity contribution in [2.45, 2.75) is 38.3 Å². The Bertz CT molecular complexity index is 899. The maximum atomic E-state index is 12.8. The average Bonchev–Trinajstić information content (AvgIpc) is 2.83. The van der Waals surface area contributed by atoms with Crippen molar-refractivity contribution in [2.75, 3.05) is 0 Å². The van der Waals surface area contributed by atoms with Gasteiger partial charge in [-0.2, -0.15) is 13.2 Å². The number of aromatic amines is 1. The van der Waals surface area contributed by atoms with Crippen molar-refractivity contribution < 1.29 is 18.0 Å². The Morgan fingerprint density at radius 3 is 2.54 bits per heavy atom. The average molecular weight is 331 g/mol. The fourth-order valence-corrected chi connectivity index (χ4v) is 3.72. The first-order chi connectivity index (χ1) is 11.4. The van der Waals surface area contributed by atoms with Crippen LogP contribution < -0.4 is 0 Å². The predicted molar refractivity (Wildman–Crippen MR) is 86.9 cm³/mol. The van der Waals surface area contributed by atoms with Gasteiger partial charge in [-0.25, -0.2) is 0 Å². The molecule has 1 aromatic carbocycles. The van der Waals surface area contributed by atoms with Crippen LogP contribution in [0.1, 0.15) is 47.3 Å². The molecule has 0 radical (unpaired) electrons. The van der Waals surface area contributed by atoms with Crippen LogP contribution in [-0.4, -0.2) is 16.9 Å². The van der Waals surface area contributed by atoms with E-state index < -0.39 is 11.7 Å². The lowest BCUT2D eigenvalue weighted by molar-refractivity contribution is -0.0939. The van der Waals surface area contributed by atoms with Gasteiger partial charge in [-0.1, -0.05) is 24.3 Å². The molecule has 2 aliphatic rings. The van der Waals surface area contributed by atoms with Gasteiger partial charge in [0.2, 0.25) is 0 Å². The molecule has 4 rings (SSSR count). The standard InChI is InChI=1S/C19H16F3NO/c20-19(21,22)12-9-7-11(8-10-12)18-14-4-2-6-16(24)13-3-1-5-15(23-18)17(13)14/h1,3,5,7,9,23H,2,4,6,8,10H2. The number of benzene rings is 1. The van der Waals surface area contributed by atoms with Crippen molar-refractivity contribution >= 4 is 22.3 Å². The Morgan fingerprint density at radius 2 is 1.83 bits per heavy atom. The molecule has 0 amide bonds. The molecular weight excluding hydrogens is 315 g/mol. The number of hydrogen-bond acceptors (Lipinski definition) is 1. The number of carbonyl (C=O) groups is 1. The zero-order valence-corrected chi connectivity index (χ0v) is 13.0. The summed E-state index contributed by atoms with van der Waals surface area (Å²) in [5.74, 6) is 0.141. The van der Waals surface area contributed by atoms with Crippen molar-refractivity contribution in [1.29, 1.82) is 0 Å². The summed E-state index contributed by atoms with van der Waals surface area (Å²) in [7, 11) is 0. The molecule has 0 aliphatic heterocycles. The van der Waals surface area contributed by atoms with E-state index in [0.29, 0.717) is 12.8 Å². The smallest absolute Gasteiger partial charge is 0.355 e. The first kappa shape index (κ1) is 15.2. The van der Waals surface area contributed by atoms with Crippen molar-refractivity contribution in [2.24, 2.45) is 0 Å². The second-order valence-corrected chi connectivity index (χ2v) is 6.36. The molecule has 1 N–H and O–H groups in total. The number of Topliss-reactive ketones (excluding diaryl/α,β-unsaturated/α-hetero) is 1. The predicted octanol–water partition coefficient (Wildman–Crippen LogP) is 5.35. The number of hydrogen-bond donors (Lipinski definition) is 1. The molecule has 0 bridgehead atoms. The number of carbonyl (C=O) groups excluding carboxylic acids is 1. The molecule has 124 valence electrons. The summed E-state index contributed by atoms with van der Waals surface area (Å²) in [6, 6.07) is 5.61. The zero-order valence-electron chi connectivity index (χ0n) is 13.0. The van der Waals surface area contributed by atoms with Gasteiger partial charge in [0.05, 0.1) is 0 Å². The molecule has 1 aromatic heterocycles. The zero-order chi connectivity index (χ0) is 16.9. The Morgan fingerprint density at radius 1 is 1.00 bits per heavy atom. The fourth-order valence-electron chi connectivity index (χ4n) is 3.72. The molecule has 2 aromatic rings. The Hall–Kier alpha value is -2.30. The van der Waals surface area contributed by atoms with Gasteiger partial charge in [0, 0.05) is 34.2 Å². The summed E-state index contributed by atoms with van der Waals surface area (Å²) in [4.78, 5) is 15.6. The topological polar surface area (TPSA) is 32.9 Å². The third-order valence-corrected chi connectivity index (χ3v) is 4.89. The van der Waals surface area contributed by atoms with Gasteiger partial charge >= 0.3 is 6.18 Å². The molecule has 1 heterocycles. The summed E-state index contributed by atoms with van der Waals surface area (Å²) in [5.41, 5.74) is 3.98. The number of ketones is 1. The highest BCUT2D eigenvalue weighted by molar-refractivity contribution is 6.10. The minimum atomic E-state index is -4.26. The molecule has 0 saturated carbocycles. The highest BCUT2D eigenvalue weighted by Gasteiger charge is 2.34. The molecule has 0 spiro atoms. The van der Waals surface area contributed by atoms with Crippen LogP contribution >= 0.6 is 0 Å².